The van der Waals surface area contributed by atoms with E-state index in [0.29, 0.717) is 17.9 Å². The number of unbranched alkanes of at least 4 members (excludes halogenated alkanes) is 1. The molecular weight excluding hydrogens is 258 g/mol. The van der Waals surface area contributed by atoms with Crippen molar-refractivity contribution in [2.24, 2.45) is 5.73 Å². The number of carbonyl (C=O) groups is 1. The van der Waals surface area contributed by atoms with Gasteiger partial charge in [0.1, 0.15) is 5.75 Å². The molecule has 4 heteroatoms. The van der Waals surface area contributed by atoms with Gasteiger partial charge in [-0.25, -0.2) is 0 Å². The minimum atomic E-state index is -0.470. The second-order valence-electron chi connectivity index (χ2n) is 3.18. The highest BCUT2D eigenvalue weighted by molar-refractivity contribution is 9.10. The van der Waals surface area contributed by atoms with Crippen LogP contribution in [-0.2, 0) is 0 Å². The van der Waals surface area contributed by atoms with Gasteiger partial charge in [-0.1, -0.05) is 19.4 Å². The minimum absolute atomic E-state index is 0.417. The Morgan fingerprint density at radius 2 is 2.27 bits per heavy atom. The van der Waals surface area contributed by atoms with E-state index >= 15 is 0 Å². The molecule has 2 N–H and O–H groups in total. The van der Waals surface area contributed by atoms with Crippen LogP contribution in [0.4, 0.5) is 0 Å². The van der Waals surface area contributed by atoms with Crippen LogP contribution in [0.1, 0.15) is 30.1 Å². The zero-order valence-electron chi connectivity index (χ0n) is 8.63. The van der Waals surface area contributed by atoms with Crippen LogP contribution < -0.4 is 10.5 Å². The lowest BCUT2D eigenvalue weighted by Gasteiger charge is -2.10. The fourth-order valence-corrected chi connectivity index (χ4v) is 1.65. The van der Waals surface area contributed by atoms with Crippen LogP contribution in [-0.4, -0.2) is 12.5 Å². The van der Waals surface area contributed by atoms with Crippen LogP contribution in [0.2, 0.25) is 0 Å². The Morgan fingerprint density at radius 1 is 1.53 bits per heavy atom. The van der Waals surface area contributed by atoms with Crippen molar-refractivity contribution in [3.8, 4) is 5.75 Å². The van der Waals surface area contributed by atoms with Crippen molar-refractivity contribution in [1.82, 2.24) is 0 Å². The fourth-order valence-electron chi connectivity index (χ4n) is 1.17. The van der Waals surface area contributed by atoms with Crippen molar-refractivity contribution in [1.29, 1.82) is 0 Å². The van der Waals surface area contributed by atoms with Gasteiger partial charge in [0, 0.05) is 0 Å². The smallest absolute Gasteiger partial charge is 0.252 e. The average Bonchev–Trinajstić information content (AvgIpc) is 2.20. The summed E-state index contributed by atoms with van der Waals surface area (Å²) in [7, 11) is 0. The van der Waals surface area contributed by atoms with Crippen LogP contribution in [0.15, 0.2) is 22.7 Å². The van der Waals surface area contributed by atoms with Gasteiger partial charge >= 0.3 is 0 Å². The van der Waals surface area contributed by atoms with Gasteiger partial charge in [0.05, 0.1) is 16.6 Å². The summed E-state index contributed by atoms with van der Waals surface area (Å²) in [6.07, 6.45) is 2.01. The molecule has 0 heterocycles. The first-order valence-electron chi connectivity index (χ1n) is 4.88. The van der Waals surface area contributed by atoms with E-state index in [1.165, 1.54) is 0 Å². The van der Waals surface area contributed by atoms with Crippen LogP contribution in [0.25, 0.3) is 0 Å². The van der Waals surface area contributed by atoms with E-state index in [9.17, 15) is 4.79 Å². The first-order valence-corrected chi connectivity index (χ1v) is 5.67. The number of carbonyl (C=O) groups excluding carboxylic acids is 1. The summed E-state index contributed by atoms with van der Waals surface area (Å²) in [6.45, 7) is 2.68. The summed E-state index contributed by atoms with van der Waals surface area (Å²) in [5, 5.41) is 0. The molecule has 0 aliphatic carbocycles. The maximum Gasteiger partial charge on any atom is 0.252 e. The lowest BCUT2D eigenvalue weighted by molar-refractivity contribution is 0.0996. The second kappa shape index (κ2) is 5.75. The van der Waals surface area contributed by atoms with Gasteiger partial charge in [-0.15, -0.1) is 0 Å². The lowest BCUT2D eigenvalue weighted by Crippen LogP contribution is -2.13. The molecule has 1 amide bonds. The highest BCUT2D eigenvalue weighted by atomic mass is 79.9. The van der Waals surface area contributed by atoms with Gasteiger partial charge in [-0.3, -0.25) is 4.79 Å². The predicted molar refractivity (Wildman–Crippen MR) is 63.1 cm³/mol. The number of hydrogen-bond acceptors (Lipinski definition) is 2. The molecule has 1 aromatic carbocycles. The van der Waals surface area contributed by atoms with E-state index in [1.54, 1.807) is 12.1 Å². The molecule has 0 aromatic heterocycles. The van der Waals surface area contributed by atoms with E-state index in [4.69, 9.17) is 10.5 Å². The number of amides is 1. The molecule has 15 heavy (non-hydrogen) atoms. The summed E-state index contributed by atoms with van der Waals surface area (Å²) in [4.78, 5) is 11.1. The SMILES string of the molecule is CCCCOc1c(Br)cccc1C(N)=O. The van der Waals surface area contributed by atoms with Crippen molar-refractivity contribution < 1.29 is 9.53 Å². The van der Waals surface area contributed by atoms with Crippen molar-refractivity contribution in [2.45, 2.75) is 19.8 Å². The van der Waals surface area contributed by atoms with Crippen LogP contribution >= 0.6 is 15.9 Å². The molecule has 0 radical (unpaired) electrons. The molecule has 0 aliphatic heterocycles. The molecule has 0 spiro atoms. The molecule has 3 nitrogen and oxygen atoms in total. The first kappa shape index (κ1) is 12.0. The fraction of sp³-hybridized carbons (Fsp3) is 0.364. The summed E-state index contributed by atoms with van der Waals surface area (Å²) < 4.78 is 6.28. The topological polar surface area (TPSA) is 52.3 Å². The summed E-state index contributed by atoms with van der Waals surface area (Å²) in [6, 6.07) is 5.25. The number of primary amides is 1. The molecule has 0 fully saturated rings. The number of para-hydroxylation sites is 1. The largest absolute Gasteiger partial charge is 0.492 e. The summed E-state index contributed by atoms with van der Waals surface area (Å²) >= 11 is 3.33. The number of nitrogens with two attached hydrogens (primary N) is 1. The number of halogens is 1. The van der Waals surface area contributed by atoms with Gasteiger partial charge < -0.3 is 10.5 Å². The zero-order chi connectivity index (χ0) is 11.3. The van der Waals surface area contributed by atoms with E-state index in [1.807, 2.05) is 6.07 Å². The Labute approximate surface area is 97.7 Å². The van der Waals surface area contributed by atoms with Gasteiger partial charge in [0.15, 0.2) is 0 Å². The van der Waals surface area contributed by atoms with Crippen LogP contribution in [0.3, 0.4) is 0 Å². The molecule has 0 saturated heterocycles. The van der Waals surface area contributed by atoms with Crippen molar-refractivity contribution in [3.63, 3.8) is 0 Å². The van der Waals surface area contributed by atoms with Crippen molar-refractivity contribution in [2.75, 3.05) is 6.61 Å². The standard InChI is InChI=1S/C11H14BrNO2/c1-2-3-7-15-10-8(11(13)14)5-4-6-9(10)12/h4-6H,2-3,7H2,1H3,(H2,13,14). The van der Waals surface area contributed by atoms with E-state index in [2.05, 4.69) is 22.9 Å². The highest BCUT2D eigenvalue weighted by Crippen LogP contribution is 2.28. The van der Waals surface area contributed by atoms with Gasteiger partial charge in [-0.2, -0.15) is 0 Å². The lowest BCUT2D eigenvalue weighted by atomic mass is 10.2. The third kappa shape index (κ3) is 3.23. The Bertz CT molecular complexity index is 352. The Hall–Kier alpha value is -1.03. The number of hydrogen-bond donors (Lipinski definition) is 1. The molecular formula is C11H14BrNO2. The molecule has 0 atom stereocenters. The number of rotatable bonds is 5. The average molecular weight is 272 g/mol. The minimum Gasteiger partial charge on any atom is -0.492 e. The quantitative estimate of drug-likeness (QED) is 0.838. The summed E-state index contributed by atoms with van der Waals surface area (Å²) in [5.74, 6) is 0.0706. The molecule has 82 valence electrons. The van der Waals surface area contributed by atoms with Gasteiger partial charge in [0.2, 0.25) is 0 Å². The zero-order valence-corrected chi connectivity index (χ0v) is 10.2. The van der Waals surface area contributed by atoms with Gasteiger partial charge in [0.25, 0.3) is 5.91 Å². The Balaban J connectivity index is 2.87. The molecule has 0 aliphatic rings. The normalized spacial score (nSPS) is 10.0. The highest BCUT2D eigenvalue weighted by Gasteiger charge is 2.11. The molecule has 0 unspecified atom stereocenters. The predicted octanol–water partition coefficient (Wildman–Crippen LogP) is 2.73. The Kier molecular flexibility index (Phi) is 4.62. The number of ether oxygens (including phenoxy) is 1. The molecule has 0 bridgehead atoms. The van der Waals surface area contributed by atoms with Gasteiger partial charge in [-0.05, 0) is 34.5 Å². The first-order chi connectivity index (χ1) is 7.16. The second-order valence-corrected chi connectivity index (χ2v) is 4.04. The molecule has 1 aromatic rings. The maximum atomic E-state index is 11.1. The van der Waals surface area contributed by atoms with E-state index < -0.39 is 5.91 Å². The summed E-state index contributed by atoms with van der Waals surface area (Å²) in [5.41, 5.74) is 5.67. The third-order valence-electron chi connectivity index (χ3n) is 1.98. The molecule has 1 rings (SSSR count). The maximum absolute atomic E-state index is 11.1. The van der Waals surface area contributed by atoms with Crippen LogP contribution in [0.5, 0.6) is 5.75 Å². The third-order valence-corrected chi connectivity index (χ3v) is 2.60. The monoisotopic (exact) mass is 271 g/mol. The molecule has 0 saturated carbocycles. The van der Waals surface area contributed by atoms with Crippen molar-refractivity contribution in [3.05, 3.63) is 28.2 Å². The number of benzene rings is 1. The van der Waals surface area contributed by atoms with Crippen LogP contribution in [0, 0.1) is 0 Å². The van der Waals surface area contributed by atoms with Crippen molar-refractivity contribution >= 4 is 21.8 Å². The Morgan fingerprint density at radius 3 is 2.87 bits per heavy atom. The van der Waals surface area contributed by atoms with E-state index in [0.717, 1.165) is 17.3 Å². The van der Waals surface area contributed by atoms with E-state index in [-0.39, 0.29) is 0 Å².